The second-order valence-corrected chi connectivity index (χ2v) is 3.79. The van der Waals surface area contributed by atoms with Crippen LogP contribution in [0.1, 0.15) is 6.92 Å². The molecule has 0 unspecified atom stereocenters. The van der Waals surface area contributed by atoms with Crippen LogP contribution in [0.4, 0.5) is 8.78 Å². The van der Waals surface area contributed by atoms with Crippen LogP contribution < -0.4 is 0 Å². The summed E-state index contributed by atoms with van der Waals surface area (Å²) < 4.78 is 29.5. The Balaban J connectivity index is 2.49. The summed E-state index contributed by atoms with van der Waals surface area (Å²) in [7, 11) is 1.47. The van der Waals surface area contributed by atoms with Gasteiger partial charge in [0.05, 0.1) is 18.7 Å². The molecular formula is C7H10ClF2NO2. The zero-order chi connectivity index (χ0) is 10.3. The zero-order valence-electron chi connectivity index (χ0n) is 7.31. The summed E-state index contributed by atoms with van der Waals surface area (Å²) in [6, 6.07) is 0. The molecule has 0 spiro atoms. The molecule has 0 aromatic heterocycles. The number of rotatable bonds is 2. The van der Waals surface area contributed by atoms with E-state index in [1.54, 1.807) is 6.92 Å². The van der Waals surface area contributed by atoms with Crippen molar-refractivity contribution >= 4 is 17.5 Å². The molecule has 6 heteroatoms. The number of nitrogens with zero attached hydrogens (tertiary/aromatic N) is 1. The predicted molar refractivity (Wildman–Crippen MR) is 42.8 cm³/mol. The van der Waals surface area contributed by atoms with Gasteiger partial charge in [-0.25, -0.2) is 0 Å². The molecule has 1 rings (SSSR count). The predicted octanol–water partition coefficient (Wildman–Crippen LogP) is 1.07. The lowest BCUT2D eigenvalue weighted by Crippen LogP contribution is -2.64. The number of carbonyl (C=O) groups is 1. The van der Waals surface area contributed by atoms with E-state index in [1.165, 1.54) is 7.11 Å². The molecule has 13 heavy (non-hydrogen) atoms. The summed E-state index contributed by atoms with van der Waals surface area (Å²) in [5.41, 5.74) is -0.502. The number of hydrogen-bond donors (Lipinski definition) is 0. The first kappa shape index (κ1) is 10.7. The van der Waals surface area contributed by atoms with Crippen LogP contribution in [0.25, 0.3) is 0 Å². The maximum atomic E-state index is 12.3. The first-order valence-corrected chi connectivity index (χ1v) is 4.07. The highest BCUT2D eigenvalue weighted by Crippen LogP contribution is 2.30. The lowest BCUT2D eigenvalue weighted by atomic mass is 9.96. The number of ether oxygens (including phenoxy) is 1. The van der Waals surface area contributed by atoms with E-state index in [1.807, 2.05) is 0 Å². The monoisotopic (exact) mass is 213 g/mol. The Bertz CT molecular complexity index is 223. The first-order valence-electron chi connectivity index (χ1n) is 3.70. The number of alkyl halides is 3. The maximum absolute atomic E-state index is 12.3. The van der Waals surface area contributed by atoms with Crippen molar-refractivity contribution in [3.63, 3.8) is 0 Å². The first-order chi connectivity index (χ1) is 5.78. The van der Waals surface area contributed by atoms with Crippen LogP contribution in [0.2, 0.25) is 0 Å². The average molecular weight is 214 g/mol. The molecule has 1 fully saturated rings. The molecule has 0 aliphatic carbocycles. The Kier molecular flexibility index (Phi) is 2.51. The molecule has 1 saturated heterocycles. The molecule has 0 saturated carbocycles. The molecule has 0 atom stereocenters. The second kappa shape index (κ2) is 3.06. The highest BCUT2D eigenvalue weighted by molar-refractivity contribution is 6.32. The Labute approximate surface area is 79.6 Å². The smallest absolute Gasteiger partial charge is 0.375 e. The summed E-state index contributed by atoms with van der Waals surface area (Å²) in [6.45, 7) is 2.05. The van der Waals surface area contributed by atoms with Gasteiger partial charge >= 0.3 is 11.3 Å². The molecular weight excluding hydrogens is 204 g/mol. The lowest BCUT2D eigenvalue weighted by Gasteiger charge is -2.46. The van der Waals surface area contributed by atoms with Crippen molar-refractivity contribution in [3.8, 4) is 0 Å². The molecule has 76 valence electrons. The molecule has 0 N–H and O–H groups in total. The van der Waals surface area contributed by atoms with E-state index in [-0.39, 0.29) is 13.1 Å². The van der Waals surface area contributed by atoms with Crippen molar-refractivity contribution in [2.24, 2.45) is 0 Å². The van der Waals surface area contributed by atoms with Crippen LogP contribution in [-0.2, 0) is 9.53 Å². The molecule has 0 bridgehead atoms. The Morgan fingerprint density at radius 3 is 2.38 bits per heavy atom. The van der Waals surface area contributed by atoms with E-state index >= 15 is 0 Å². The van der Waals surface area contributed by atoms with Gasteiger partial charge in [-0.15, -0.1) is 0 Å². The zero-order valence-corrected chi connectivity index (χ0v) is 8.07. The number of likely N-dealkylation sites (tertiary alicyclic amines) is 1. The van der Waals surface area contributed by atoms with Crippen molar-refractivity contribution in [3.05, 3.63) is 0 Å². The number of carbonyl (C=O) groups excluding carboxylic acids is 1. The van der Waals surface area contributed by atoms with Gasteiger partial charge in [-0.3, -0.25) is 4.79 Å². The van der Waals surface area contributed by atoms with Crippen LogP contribution in [-0.4, -0.2) is 42.0 Å². The minimum Gasteiger partial charge on any atom is -0.375 e. The van der Waals surface area contributed by atoms with Gasteiger partial charge in [0, 0.05) is 7.11 Å². The average Bonchev–Trinajstić information content (AvgIpc) is 1.95. The third kappa shape index (κ3) is 2.08. The SMILES string of the molecule is COC1(C)CN(C(=O)C(F)(F)Cl)C1. The molecule has 0 radical (unpaired) electrons. The van der Waals surface area contributed by atoms with E-state index in [2.05, 4.69) is 11.6 Å². The molecule has 1 amide bonds. The van der Waals surface area contributed by atoms with Crippen LogP contribution in [0.5, 0.6) is 0 Å². The van der Waals surface area contributed by atoms with Crippen LogP contribution >= 0.6 is 11.6 Å². The quantitative estimate of drug-likeness (QED) is 0.642. The van der Waals surface area contributed by atoms with Gasteiger partial charge in [0.1, 0.15) is 0 Å². The molecule has 0 aromatic carbocycles. The number of methoxy groups -OCH3 is 1. The Hall–Kier alpha value is -0.420. The normalized spacial score (nSPS) is 21.2. The maximum Gasteiger partial charge on any atom is 0.399 e. The summed E-state index contributed by atoms with van der Waals surface area (Å²) in [5.74, 6) is -1.36. The van der Waals surface area contributed by atoms with Gasteiger partial charge in [-0.2, -0.15) is 8.78 Å². The van der Waals surface area contributed by atoms with Gasteiger partial charge in [-0.05, 0) is 18.5 Å². The van der Waals surface area contributed by atoms with E-state index in [9.17, 15) is 13.6 Å². The van der Waals surface area contributed by atoms with Crippen molar-refractivity contribution < 1.29 is 18.3 Å². The summed E-state index contributed by atoms with van der Waals surface area (Å²) in [4.78, 5) is 11.8. The van der Waals surface area contributed by atoms with E-state index < -0.39 is 16.9 Å². The van der Waals surface area contributed by atoms with E-state index in [4.69, 9.17) is 4.74 Å². The van der Waals surface area contributed by atoms with Crippen LogP contribution in [0.3, 0.4) is 0 Å². The molecule has 1 heterocycles. The number of halogens is 3. The van der Waals surface area contributed by atoms with Crippen molar-refractivity contribution in [1.29, 1.82) is 0 Å². The van der Waals surface area contributed by atoms with Gasteiger partial charge in [-0.1, -0.05) is 0 Å². The fourth-order valence-electron chi connectivity index (χ4n) is 1.21. The molecule has 0 aromatic rings. The van der Waals surface area contributed by atoms with Gasteiger partial charge in [0.25, 0.3) is 0 Å². The fourth-order valence-corrected chi connectivity index (χ4v) is 1.33. The second-order valence-electron chi connectivity index (χ2n) is 3.31. The van der Waals surface area contributed by atoms with Crippen molar-refractivity contribution in [2.75, 3.05) is 20.2 Å². The molecule has 1 aliphatic heterocycles. The van der Waals surface area contributed by atoms with Gasteiger partial charge in [0.15, 0.2) is 0 Å². The van der Waals surface area contributed by atoms with Gasteiger partial charge < -0.3 is 9.64 Å². The number of hydrogen-bond acceptors (Lipinski definition) is 2. The Morgan fingerprint density at radius 1 is 1.62 bits per heavy atom. The van der Waals surface area contributed by atoms with Crippen LogP contribution in [0.15, 0.2) is 0 Å². The van der Waals surface area contributed by atoms with Gasteiger partial charge in [0.2, 0.25) is 0 Å². The third-order valence-corrected chi connectivity index (χ3v) is 2.23. The topological polar surface area (TPSA) is 29.5 Å². The highest BCUT2D eigenvalue weighted by atomic mass is 35.5. The standard InChI is InChI=1S/C7H10ClF2NO2/c1-6(13-2)3-11(4-6)5(12)7(8,9)10/h3-4H2,1-2H3. The minimum atomic E-state index is -3.80. The lowest BCUT2D eigenvalue weighted by molar-refractivity contribution is -0.172. The van der Waals surface area contributed by atoms with Crippen molar-refractivity contribution in [1.82, 2.24) is 4.90 Å². The summed E-state index contributed by atoms with van der Waals surface area (Å²) >= 11 is 4.56. The fraction of sp³-hybridized carbons (Fsp3) is 0.857. The number of amides is 1. The largest absolute Gasteiger partial charge is 0.399 e. The van der Waals surface area contributed by atoms with Crippen LogP contribution in [0, 0.1) is 0 Å². The minimum absolute atomic E-state index is 0.157. The molecule has 3 nitrogen and oxygen atoms in total. The van der Waals surface area contributed by atoms with Crippen molar-refractivity contribution in [2.45, 2.75) is 17.9 Å². The Morgan fingerprint density at radius 2 is 2.08 bits per heavy atom. The van der Waals surface area contributed by atoms with E-state index in [0.717, 1.165) is 4.90 Å². The van der Waals surface area contributed by atoms with E-state index in [0.29, 0.717) is 0 Å². The summed E-state index contributed by atoms with van der Waals surface area (Å²) in [6.07, 6.45) is 0. The highest BCUT2D eigenvalue weighted by Gasteiger charge is 2.49. The third-order valence-electron chi connectivity index (χ3n) is 2.07. The molecule has 1 aliphatic rings. The summed E-state index contributed by atoms with van der Waals surface area (Å²) in [5, 5.41) is -3.80.